The number of hydrogen-bond donors (Lipinski definition) is 0. The van der Waals surface area contributed by atoms with Crippen LogP contribution in [0.4, 0.5) is 0 Å². The summed E-state index contributed by atoms with van der Waals surface area (Å²) in [5, 5.41) is 1.44. The van der Waals surface area contributed by atoms with Crippen molar-refractivity contribution in [2.75, 3.05) is 6.61 Å². The standard InChI is InChI=1S/C15H16ClNO2S/c1-15(2,3)20-13(18)9-19-12-7-6-11(16)10-5-4-8-17-14(10)12/h4-8H,9H2,1-3H3. The zero-order valence-electron chi connectivity index (χ0n) is 11.6. The van der Waals surface area contributed by atoms with Gasteiger partial charge in [0.15, 0.2) is 6.61 Å². The van der Waals surface area contributed by atoms with Crippen molar-refractivity contribution in [2.45, 2.75) is 25.5 Å². The molecule has 0 aliphatic carbocycles. The number of aromatic nitrogens is 1. The first-order valence-electron chi connectivity index (χ1n) is 6.25. The normalized spacial score (nSPS) is 11.6. The van der Waals surface area contributed by atoms with Gasteiger partial charge in [0.2, 0.25) is 5.12 Å². The van der Waals surface area contributed by atoms with E-state index in [0.29, 0.717) is 16.3 Å². The fourth-order valence-corrected chi connectivity index (χ4v) is 2.75. The third kappa shape index (κ3) is 3.87. The van der Waals surface area contributed by atoms with Gasteiger partial charge in [0.05, 0.1) is 5.02 Å². The van der Waals surface area contributed by atoms with Gasteiger partial charge in [-0.05, 0) is 24.3 Å². The highest BCUT2D eigenvalue weighted by atomic mass is 35.5. The molecule has 3 nitrogen and oxygen atoms in total. The van der Waals surface area contributed by atoms with E-state index in [9.17, 15) is 4.79 Å². The van der Waals surface area contributed by atoms with E-state index in [0.717, 1.165) is 5.39 Å². The molecule has 0 bridgehead atoms. The van der Waals surface area contributed by atoms with Gasteiger partial charge in [-0.1, -0.05) is 44.1 Å². The van der Waals surface area contributed by atoms with Crippen molar-refractivity contribution in [1.82, 2.24) is 4.98 Å². The molecule has 0 atom stereocenters. The number of ether oxygens (including phenoxy) is 1. The molecule has 0 radical (unpaired) electrons. The topological polar surface area (TPSA) is 39.2 Å². The van der Waals surface area contributed by atoms with E-state index in [1.54, 1.807) is 18.3 Å². The first-order chi connectivity index (χ1) is 9.37. The van der Waals surface area contributed by atoms with Crippen LogP contribution in [0.15, 0.2) is 30.5 Å². The van der Waals surface area contributed by atoms with Crippen LogP contribution < -0.4 is 4.74 Å². The van der Waals surface area contributed by atoms with E-state index in [2.05, 4.69) is 4.98 Å². The Morgan fingerprint density at radius 2 is 2.10 bits per heavy atom. The molecule has 0 N–H and O–H groups in total. The highest BCUT2D eigenvalue weighted by Gasteiger charge is 2.17. The number of hydrogen-bond acceptors (Lipinski definition) is 4. The van der Waals surface area contributed by atoms with Gasteiger partial charge in [0.1, 0.15) is 11.3 Å². The minimum absolute atomic E-state index is 0.00321. The first-order valence-corrected chi connectivity index (χ1v) is 7.44. The maximum atomic E-state index is 11.8. The second kappa shape index (κ2) is 6.02. The van der Waals surface area contributed by atoms with Gasteiger partial charge >= 0.3 is 0 Å². The number of nitrogens with zero attached hydrogens (tertiary/aromatic N) is 1. The predicted octanol–water partition coefficient (Wildman–Crippen LogP) is 4.33. The van der Waals surface area contributed by atoms with E-state index < -0.39 is 0 Å². The number of carbonyl (C=O) groups is 1. The van der Waals surface area contributed by atoms with E-state index in [1.165, 1.54) is 11.8 Å². The Morgan fingerprint density at radius 1 is 1.35 bits per heavy atom. The quantitative estimate of drug-likeness (QED) is 0.846. The number of fused-ring (bicyclic) bond motifs is 1. The van der Waals surface area contributed by atoms with Crippen molar-refractivity contribution in [3.05, 3.63) is 35.5 Å². The second-order valence-corrected chi connectivity index (χ2v) is 7.61. The SMILES string of the molecule is CC(C)(C)SC(=O)COc1ccc(Cl)c2cccnc12. The minimum Gasteiger partial charge on any atom is -0.483 e. The Morgan fingerprint density at radius 3 is 2.80 bits per heavy atom. The number of halogens is 1. The predicted molar refractivity (Wildman–Crippen MR) is 84.6 cm³/mol. The van der Waals surface area contributed by atoms with Crippen molar-refractivity contribution in [3.8, 4) is 5.75 Å². The monoisotopic (exact) mass is 309 g/mol. The lowest BCUT2D eigenvalue weighted by molar-refractivity contribution is -0.112. The van der Waals surface area contributed by atoms with Crippen LogP contribution in [0.3, 0.4) is 0 Å². The van der Waals surface area contributed by atoms with E-state index in [-0.39, 0.29) is 16.5 Å². The Hall–Kier alpha value is -1.26. The lowest BCUT2D eigenvalue weighted by atomic mass is 10.2. The average Bonchev–Trinajstić information content (AvgIpc) is 2.36. The van der Waals surface area contributed by atoms with E-state index in [1.807, 2.05) is 32.9 Å². The lowest BCUT2D eigenvalue weighted by Gasteiger charge is -2.16. The van der Waals surface area contributed by atoms with Crippen molar-refractivity contribution in [3.63, 3.8) is 0 Å². The van der Waals surface area contributed by atoms with Crippen LogP contribution >= 0.6 is 23.4 Å². The highest BCUT2D eigenvalue weighted by Crippen LogP contribution is 2.30. The van der Waals surface area contributed by atoms with Gasteiger partial charge in [-0.2, -0.15) is 0 Å². The molecule has 106 valence electrons. The molecule has 0 spiro atoms. The summed E-state index contributed by atoms with van der Waals surface area (Å²) in [4.78, 5) is 16.1. The Labute approximate surface area is 127 Å². The molecule has 0 amide bonds. The molecule has 0 fully saturated rings. The molecule has 2 aromatic rings. The van der Waals surface area contributed by atoms with E-state index >= 15 is 0 Å². The van der Waals surface area contributed by atoms with Crippen LogP contribution in [0.5, 0.6) is 5.75 Å². The molecule has 20 heavy (non-hydrogen) atoms. The van der Waals surface area contributed by atoms with Gasteiger partial charge < -0.3 is 4.74 Å². The third-order valence-electron chi connectivity index (χ3n) is 2.44. The largest absolute Gasteiger partial charge is 0.483 e. The summed E-state index contributed by atoms with van der Waals surface area (Å²) in [6.45, 7) is 6.01. The van der Waals surface area contributed by atoms with Crippen molar-refractivity contribution < 1.29 is 9.53 Å². The van der Waals surface area contributed by atoms with Gasteiger partial charge in [-0.25, -0.2) is 0 Å². The second-order valence-electron chi connectivity index (χ2n) is 5.32. The molecule has 0 saturated carbocycles. The maximum Gasteiger partial charge on any atom is 0.226 e. The Balaban J connectivity index is 2.15. The lowest BCUT2D eigenvalue weighted by Crippen LogP contribution is -2.16. The average molecular weight is 310 g/mol. The molecular weight excluding hydrogens is 294 g/mol. The summed E-state index contributed by atoms with van der Waals surface area (Å²) >= 11 is 7.39. The van der Waals surface area contributed by atoms with Crippen molar-refractivity contribution in [1.29, 1.82) is 0 Å². The van der Waals surface area contributed by atoms with Gasteiger partial charge in [-0.3, -0.25) is 9.78 Å². The van der Waals surface area contributed by atoms with Gasteiger partial charge in [-0.15, -0.1) is 0 Å². The molecular formula is C15H16ClNO2S. The Kier molecular flexibility index (Phi) is 4.55. The summed E-state index contributed by atoms with van der Waals surface area (Å²) in [6.07, 6.45) is 1.68. The third-order valence-corrected chi connectivity index (χ3v) is 3.73. The molecule has 2 rings (SSSR count). The highest BCUT2D eigenvalue weighted by molar-refractivity contribution is 8.14. The summed E-state index contributed by atoms with van der Waals surface area (Å²) in [6, 6.07) is 7.19. The van der Waals surface area contributed by atoms with E-state index in [4.69, 9.17) is 16.3 Å². The molecule has 1 aromatic heterocycles. The molecule has 0 saturated heterocycles. The number of carbonyl (C=O) groups excluding carboxylic acids is 1. The minimum atomic E-state index is -0.110. The fraction of sp³-hybridized carbons (Fsp3) is 0.333. The Bertz CT molecular complexity index is 637. The van der Waals surface area contributed by atoms with Crippen LogP contribution in [0.25, 0.3) is 10.9 Å². The molecule has 0 unspecified atom stereocenters. The summed E-state index contributed by atoms with van der Waals surface area (Å²) in [5.74, 6) is 0.577. The van der Waals surface area contributed by atoms with Crippen LogP contribution in [0.1, 0.15) is 20.8 Å². The maximum absolute atomic E-state index is 11.8. The summed E-state index contributed by atoms with van der Waals surface area (Å²) < 4.78 is 5.48. The van der Waals surface area contributed by atoms with Crippen LogP contribution in [-0.2, 0) is 4.79 Å². The van der Waals surface area contributed by atoms with Crippen molar-refractivity contribution in [2.24, 2.45) is 0 Å². The number of thioether (sulfide) groups is 1. The first kappa shape index (κ1) is 15.1. The smallest absolute Gasteiger partial charge is 0.226 e. The van der Waals surface area contributed by atoms with Crippen LogP contribution in [-0.4, -0.2) is 21.5 Å². The summed E-state index contributed by atoms with van der Waals surface area (Å²) in [5.41, 5.74) is 0.675. The molecule has 5 heteroatoms. The summed E-state index contributed by atoms with van der Waals surface area (Å²) in [7, 11) is 0. The number of benzene rings is 1. The fourth-order valence-electron chi connectivity index (χ4n) is 1.74. The van der Waals surface area contributed by atoms with Gasteiger partial charge in [0.25, 0.3) is 0 Å². The molecule has 1 aromatic carbocycles. The zero-order chi connectivity index (χ0) is 14.8. The van der Waals surface area contributed by atoms with Crippen LogP contribution in [0.2, 0.25) is 5.02 Å². The number of rotatable bonds is 3. The molecule has 0 aliphatic rings. The van der Waals surface area contributed by atoms with Crippen LogP contribution in [0, 0.1) is 0 Å². The number of pyridine rings is 1. The molecule has 1 heterocycles. The van der Waals surface area contributed by atoms with Crippen molar-refractivity contribution >= 4 is 39.4 Å². The van der Waals surface area contributed by atoms with Gasteiger partial charge in [0, 0.05) is 16.3 Å². The molecule has 0 aliphatic heterocycles. The zero-order valence-corrected chi connectivity index (χ0v) is 13.2.